The molecule has 0 spiro atoms. The number of nitrogens with zero attached hydrogens (tertiary/aromatic N) is 1. The van der Waals surface area contributed by atoms with Crippen LogP contribution in [0.25, 0.3) is 10.8 Å². The number of carbonyl (C=O) groups excluding carboxylic acids is 1. The molecule has 3 nitrogen and oxygen atoms in total. The zero-order chi connectivity index (χ0) is 16.1. The fourth-order valence-electron chi connectivity index (χ4n) is 2.84. The van der Waals surface area contributed by atoms with Crippen molar-refractivity contribution in [3.63, 3.8) is 0 Å². The van der Waals surface area contributed by atoms with Gasteiger partial charge in [0.15, 0.2) is 0 Å². The van der Waals surface area contributed by atoms with Crippen LogP contribution in [0, 0.1) is 0 Å². The second-order valence-corrected chi connectivity index (χ2v) is 6.24. The minimum absolute atomic E-state index is 0.00165. The number of hydrogen-bond donors (Lipinski definition) is 1. The number of fused-ring (bicyclic) bond motifs is 1. The first kappa shape index (κ1) is 16.5. The predicted octanol–water partition coefficient (Wildman–Crippen LogP) is 3.69. The molecule has 0 unspecified atom stereocenters. The molecule has 0 heterocycles. The summed E-state index contributed by atoms with van der Waals surface area (Å²) < 4.78 is 0. The van der Waals surface area contributed by atoms with Gasteiger partial charge in [-0.25, -0.2) is 0 Å². The SMILES string of the molecule is CC(C)N(CCNC(=O)c1ccc2ccccc2c1)C(C)C. The molecule has 0 aromatic heterocycles. The van der Waals surface area contributed by atoms with E-state index in [0.717, 1.165) is 22.9 Å². The number of benzene rings is 2. The van der Waals surface area contributed by atoms with Crippen LogP contribution in [0.5, 0.6) is 0 Å². The average molecular weight is 298 g/mol. The van der Waals surface area contributed by atoms with E-state index in [4.69, 9.17) is 0 Å². The summed E-state index contributed by atoms with van der Waals surface area (Å²) in [4.78, 5) is 14.7. The fourth-order valence-corrected chi connectivity index (χ4v) is 2.84. The second-order valence-electron chi connectivity index (χ2n) is 6.24. The Bertz CT molecular complexity index is 626. The molecule has 0 aliphatic heterocycles. The van der Waals surface area contributed by atoms with Crippen molar-refractivity contribution in [3.05, 3.63) is 48.0 Å². The monoisotopic (exact) mass is 298 g/mol. The molecule has 22 heavy (non-hydrogen) atoms. The molecule has 0 aliphatic rings. The zero-order valence-corrected chi connectivity index (χ0v) is 14.0. The first-order valence-electron chi connectivity index (χ1n) is 8.02. The second kappa shape index (κ2) is 7.41. The Labute approximate surface area is 133 Å². The standard InChI is InChI=1S/C19H26N2O/c1-14(2)21(15(3)4)12-11-20-19(22)18-10-9-16-7-5-6-8-17(16)13-18/h5-10,13-15H,11-12H2,1-4H3,(H,20,22). The van der Waals surface area contributed by atoms with Crippen LogP contribution in [-0.2, 0) is 0 Å². The van der Waals surface area contributed by atoms with Gasteiger partial charge in [-0.2, -0.15) is 0 Å². The molecule has 118 valence electrons. The first-order valence-corrected chi connectivity index (χ1v) is 8.02. The Kier molecular flexibility index (Phi) is 5.56. The minimum atomic E-state index is -0.00165. The highest BCUT2D eigenvalue weighted by Gasteiger charge is 2.13. The van der Waals surface area contributed by atoms with E-state index in [1.54, 1.807) is 0 Å². The summed E-state index contributed by atoms with van der Waals surface area (Å²) in [5.74, 6) is -0.00165. The van der Waals surface area contributed by atoms with Crippen LogP contribution in [0.4, 0.5) is 0 Å². The minimum Gasteiger partial charge on any atom is -0.351 e. The van der Waals surface area contributed by atoms with Gasteiger partial charge < -0.3 is 5.32 Å². The number of rotatable bonds is 6. The van der Waals surface area contributed by atoms with E-state index in [-0.39, 0.29) is 5.91 Å². The van der Waals surface area contributed by atoms with Crippen LogP contribution < -0.4 is 5.32 Å². The molecule has 1 N–H and O–H groups in total. The van der Waals surface area contributed by atoms with Crippen molar-refractivity contribution in [1.82, 2.24) is 10.2 Å². The molecular weight excluding hydrogens is 272 g/mol. The van der Waals surface area contributed by atoms with Crippen molar-refractivity contribution >= 4 is 16.7 Å². The van der Waals surface area contributed by atoms with Crippen molar-refractivity contribution in [1.29, 1.82) is 0 Å². The van der Waals surface area contributed by atoms with E-state index >= 15 is 0 Å². The number of carbonyl (C=O) groups is 1. The lowest BCUT2D eigenvalue weighted by molar-refractivity contribution is 0.0939. The molecule has 0 saturated heterocycles. The lowest BCUT2D eigenvalue weighted by atomic mass is 10.1. The largest absolute Gasteiger partial charge is 0.351 e. The van der Waals surface area contributed by atoms with Gasteiger partial charge in [-0.1, -0.05) is 30.3 Å². The number of amides is 1. The molecule has 1 amide bonds. The molecule has 0 bridgehead atoms. The van der Waals surface area contributed by atoms with E-state index < -0.39 is 0 Å². The lowest BCUT2D eigenvalue weighted by Gasteiger charge is -2.30. The smallest absolute Gasteiger partial charge is 0.251 e. The highest BCUT2D eigenvalue weighted by Crippen LogP contribution is 2.15. The van der Waals surface area contributed by atoms with Crippen molar-refractivity contribution in [2.75, 3.05) is 13.1 Å². The Morgan fingerprint density at radius 1 is 1.00 bits per heavy atom. The summed E-state index contributed by atoms with van der Waals surface area (Å²) >= 11 is 0. The van der Waals surface area contributed by atoms with Gasteiger partial charge in [0.2, 0.25) is 0 Å². The van der Waals surface area contributed by atoms with Crippen LogP contribution in [-0.4, -0.2) is 36.0 Å². The van der Waals surface area contributed by atoms with Crippen molar-refractivity contribution in [3.8, 4) is 0 Å². The molecule has 0 atom stereocenters. The van der Waals surface area contributed by atoms with E-state index in [1.807, 2.05) is 36.4 Å². The zero-order valence-electron chi connectivity index (χ0n) is 14.0. The summed E-state index contributed by atoms with van der Waals surface area (Å²) in [7, 11) is 0. The maximum Gasteiger partial charge on any atom is 0.251 e. The predicted molar refractivity (Wildman–Crippen MR) is 93.3 cm³/mol. The average Bonchev–Trinajstić information content (AvgIpc) is 2.50. The quantitative estimate of drug-likeness (QED) is 0.882. The molecule has 0 saturated carbocycles. The van der Waals surface area contributed by atoms with Crippen LogP contribution >= 0.6 is 0 Å². The third kappa shape index (κ3) is 4.08. The molecular formula is C19H26N2O. The van der Waals surface area contributed by atoms with E-state index in [0.29, 0.717) is 18.6 Å². The van der Waals surface area contributed by atoms with Gasteiger partial charge in [0.05, 0.1) is 0 Å². The molecule has 3 heteroatoms. The van der Waals surface area contributed by atoms with Gasteiger partial charge in [0.25, 0.3) is 5.91 Å². The van der Waals surface area contributed by atoms with Crippen LogP contribution in [0.15, 0.2) is 42.5 Å². The van der Waals surface area contributed by atoms with Gasteiger partial charge in [-0.05, 0) is 50.6 Å². The summed E-state index contributed by atoms with van der Waals surface area (Å²) in [6, 6.07) is 14.9. The van der Waals surface area contributed by atoms with E-state index in [2.05, 4.69) is 44.0 Å². The summed E-state index contributed by atoms with van der Waals surface area (Å²) in [6.07, 6.45) is 0. The highest BCUT2D eigenvalue weighted by atomic mass is 16.1. The molecule has 2 aromatic carbocycles. The van der Waals surface area contributed by atoms with Crippen molar-refractivity contribution < 1.29 is 4.79 Å². The Morgan fingerprint density at radius 2 is 1.64 bits per heavy atom. The Balaban J connectivity index is 1.96. The third-order valence-electron chi connectivity index (χ3n) is 3.99. The van der Waals surface area contributed by atoms with Crippen molar-refractivity contribution in [2.24, 2.45) is 0 Å². The first-order chi connectivity index (χ1) is 10.5. The normalized spacial score (nSPS) is 11.6. The molecule has 2 aromatic rings. The number of nitrogens with one attached hydrogen (secondary N) is 1. The Hall–Kier alpha value is -1.87. The van der Waals surface area contributed by atoms with Gasteiger partial charge in [0.1, 0.15) is 0 Å². The summed E-state index contributed by atoms with van der Waals surface area (Å²) in [5.41, 5.74) is 0.722. The Morgan fingerprint density at radius 3 is 2.27 bits per heavy atom. The molecule has 0 radical (unpaired) electrons. The summed E-state index contributed by atoms with van der Waals surface area (Å²) in [6.45, 7) is 10.3. The maximum absolute atomic E-state index is 12.3. The van der Waals surface area contributed by atoms with E-state index in [9.17, 15) is 4.79 Å². The number of hydrogen-bond acceptors (Lipinski definition) is 2. The highest BCUT2D eigenvalue weighted by molar-refractivity contribution is 5.98. The van der Waals surface area contributed by atoms with Crippen molar-refractivity contribution in [2.45, 2.75) is 39.8 Å². The van der Waals surface area contributed by atoms with Crippen LogP contribution in [0.3, 0.4) is 0 Å². The topological polar surface area (TPSA) is 32.3 Å². The molecule has 0 aliphatic carbocycles. The van der Waals surface area contributed by atoms with Gasteiger partial charge in [-0.15, -0.1) is 0 Å². The fraction of sp³-hybridized carbons (Fsp3) is 0.421. The molecule has 2 rings (SSSR count). The van der Waals surface area contributed by atoms with Crippen LogP contribution in [0.1, 0.15) is 38.1 Å². The van der Waals surface area contributed by atoms with E-state index in [1.165, 1.54) is 0 Å². The maximum atomic E-state index is 12.3. The van der Waals surface area contributed by atoms with Gasteiger partial charge in [0, 0.05) is 30.7 Å². The molecule has 0 fully saturated rings. The van der Waals surface area contributed by atoms with Crippen LogP contribution in [0.2, 0.25) is 0 Å². The third-order valence-corrected chi connectivity index (χ3v) is 3.99. The van der Waals surface area contributed by atoms with Gasteiger partial charge in [-0.3, -0.25) is 9.69 Å². The van der Waals surface area contributed by atoms with Gasteiger partial charge >= 0.3 is 0 Å². The summed E-state index contributed by atoms with van der Waals surface area (Å²) in [5, 5.41) is 5.28. The lowest BCUT2D eigenvalue weighted by Crippen LogP contribution is -2.42.